The summed E-state index contributed by atoms with van der Waals surface area (Å²) < 4.78 is 19.8. The molecule has 0 aliphatic rings. The predicted molar refractivity (Wildman–Crippen MR) is 89.7 cm³/mol. The Bertz CT molecular complexity index is 1090. The molecular formula is C17H13FN6O2. The average Bonchev–Trinajstić information content (AvgIpc) is 3.23. The van der Waals surface area contributed by atoms with Gasteiger partial charge in [0.05, 0.1) is 6.42 Å². The van der Waals surface area contributed by atoms with Crippen molar-refractivity contribution in [2.75, 3.05) is 5.32 Å². The third-order valence-electron chi connectivity index (χ3n) is 3.70. The maximum Gasteiger partial charge on any atom is 0.258 e. The van der Waals surface area contributed by atoms with E-state index in [0.717, 1.165) is 0 Å². The van der Waals surface area contributed by atoms with Crippen molar-refractivity contribution in [3.63, 3.8) is 0 Å². The molecule has 1 aromatic carbocycles. The van der Waals surface area contributed by atoms with Crippen molar-refractivity contribution in [1.29, 1.82) is 0 Å². The van der Waals surface area contributed by atoms with Gasteiger partial charge in [0.2, 0.25) is 5.91 Å². The number of pyridine rings is 1. The number of aromatic nitrogens is 5. The van der Waals surface area contributed by atoms with Crippen LogP contribution in [0.1, 0.15) is 11.6 Å². The fraction of sp³-hybridized carbons (Fsp3) is 0.118. The third-order valence-corrected chi connectivity index (χ3v) is 3.70. The number of hydrogen-bond donors (Lipinski definition) is 1. The van der Waals surface area contributed by atoms with E-state index in [2.05, 4.69) is 25.7 Å². The summed E-state index contributed by atoms with van der Waals surface area (Å²) in [6, 6.07) is 9.08. The van der Waals surface area contributed by atoms with Crippen LogP contribution in [0.2, 0.25) is 0 Å². The van der Waals surface area contributed by atoms with Crippen LogP contribution in [0.25, 0.3) is 17.1 Å². The first kappa shape index (κ1) is 15.9. The van der Waals surface area contributed by atoms with Crippen LogP contribution in [0.5, 0.6) is 0 Å². The second-order valence-corrected chi connectivity index (χ2v) is 5.64. The van der Waals surface area contributed by atoms with Gasteiger partial charge in [0, 0.05) is 17.4 Å². The van der Waals surface area contributed by atoms with E-state index in [-0.39, 0.29) is 18.1 Å². The number of anilines is 1. The molecule has 4 rings (SSSR count). The Hall–Kier alpha value is -3.62. The van der Waals surface area contributed by atoms with E-state index in [9.17, 15) is 9.18 Å². The predicted octanol–water partition coefficient (Wildman–Crippen LogP) is 2.41. The van der Waals surface area contributed by atoms with E-state index >= 15 is 0 Å². The van der Waals surface area contributed by atoms with E-state index in [1.54, 1.807) is 29.7 Å². The fourth-order valence-electron chi connectivity index (χ4n) is 2.49. The Morgan fingerprint density at radius 2 is 2.04 bits per heavy atom. The smallest absolute Gasteiger partial charge is 0.258 e. The Morgan fingerprint density at radius 1 is 1.23 bits per heavy atom. The maximum atomic E-state index is 12.9. The van der Waals surface area contributed by atoms with Crippen molar-refractivity contribution in [3.8, 4) is 11.5 Å². The van der Waals surface area contributed by atoms with Crippen LogP contribution in [0.3, 0.4) is 0 Å². The van der Waals surface area contributed by atoms with Gasteiger partial charge in [-0.25, -0.2) is 4.39 Å². The molecule has 1 amide bonds. The van der Waals surface area contributed by atoms with Gasteiger partial charge in [-0.05, 0) is 43.3 Å². The fourth-order valence-corrected chi connectivity index (χ4v) is 2.49. The van der Waals surface area contributed by atoms with Crippen LogP contribution in [0.4, 0.5) is 10.1 Å². The number of aryl methyl sites for hydroxylation is 1. The van der Waals surface area contributed by atoms with Crippen LogP contribution in [-0.4, -0.2) is 30.6 Å². The van der Waals surface area contributed by atoms with Gasteiger partial charge in [-0.3, -0.25) is 9.20 Å². The highest BCUT2D eigenvalue weighted by molar-refractivity contribution is 5.91. The highest BCUT2D eigenvalue weighted by Gasteiger charge is 2.13. The number of carbonyl (C=O) groups is 1. The summed E-state index contributed by atoms with van der Waals surface area (Å²) >= 11 is 0. The van der Waals surface area contributed by atoms with Crippen LogP contribution in [0, 0.1) is 12.7 Å². The number of nitrogens with one attached hydrogen (secondary N) is 1. The Balaban J connectivity index is 1.53. The molecule has 0 aliphatic carbocycles. The molecule has 1 N–H and O–H groups in total. The molecule has 3 aromatic heterocycles. The standard InChI is InChI=1S/C17H13FN6O2/c1-10-19-17(26-23-10)11-6-7-24-14(8-11)21-22-15(24)9-16(25)20-13-4-2-12(18)3-5-13/h2-8H,9H2,1H3,(H,20,25). The molecule has 0 saturated carbocycles. The number of amides is 1. The molecule has 0 atom stereocenters. The number of carbonyl (C=O) groups excluding carboxylic acids is 1. The zero-order chi connectivity index (χ0) is 18.1. The lowest BCUT2D eigenvalue weighted by Gasteiger charge is -2.04. The number of fused-ring (bicyclic) bond motifs is 1. The third kappa shape index (κ3) is 3.14. The molecule has 0 bridgehead atoms. The van der Waals surface area contributed by atoms with Crippen LogP contribution in [0.15, 0.2) is 47.1 Å². The van der Waals surface area contributed by atoms with E-state index in [0.29, 0.717) is 34.4 Å². The molecule has 0 unspecified atom stereocenters. The molecule has 9 heteroatoms. The monoisotopic (exact) mass is 352 g/mol. The minimum Gasteiger partial charge on any atom is -0.334 e. The Kier molecular flexibility index (Phi) is 3.88. The molecule has 0 fully saturated rings. The summed E-state index contributed by atoms with van der Waals surface area (Å²) in [6.45, 7) is 1.74. The molecule has 0 saturated heterocycles. The SMILES string of the molecule is Cc1noc(-c2ccn3c(CC(=O)Nc4ccc(F)cc4)nnc3c2)n1. The topological polar surface area (TPSA) is 98.2 Å². The quantitative estimate of drug-likeness (QED) is 0.606. The summed E-state index contributed by atoms with van der Waals surface area (Å²) in [4.78, 5) is 16.4. The number of rotatable bonds is 4. The minimum atomic E-state index is -0.362. The van der Waals surface area contributed by atoms with Crippen molar-refractivity contribution >= 4 is 17.2 Å². The highest BCUT2D eigenvalue weighted by atomic mass is 19.1. The van der Waals surface area contributed by atoms with Crippen molar-refractivity contribution in [2.24, 2.45) is 0 Å². The van der Waals surface area contributed by atoms with E-state index in [1.807, 2.05) is 0 Å². The molecule has 0 aliphatic heterocycles. The zero-order valence-electron chi connectivity index (χ0n) is 13.7. The molecule has 0 spiro atoms. The Labute approximate surface area is 146 Å². The van der Waals surface area contributed by atoms with Gasteiger partial charge in [-0.1, -0.05) is 5.16 Å². The van der Waals surface area contributed by atoms with Gasteiger partial charge in [-0.15, -0.1) is 10.2 Å². The van der Waals surface area contributed by atoms with Crippen molar-refractivity contribution in [2.45, 2.75) is 13.3 Å². The second kappa shape index (κ2) is 6.36. The largest absolute Gasteiger partial charge is 0.334 e. The van der Waals surface area contributed by atoms with Gasteiger partial charge >= 0.3 is 0 Å². The van der Waals surface area contributed by atoms with Crippen molar-refractivity contribution < 1.29 is 13.7 Å². The van der Waals surface area contributed by atoms with Gasteiger partial charge in [0.15, 0.2) is 11.5 Å². The lowest BCUT2D eigenvalue weighted by molar-refractivity contribution is -0.115. The number of benzene rings is 1. The summed E-state index contributed by atoms with van der Waals surface area (Å²) in [7, 11) is 0. The average molecular weight is 352 g/mol. The minimum absolute atomic E-state index is 0.0254. The lowest BCUT2D eigenvalue weighted by atomic mass is 10.2. The van der Waals surface area contributed by atoms with E-state index < -0.39 is 0 Å². The normalized spacial score (nSPS) is 11.0. The molecule has 4 aromatic rings. The van der Waals surface area contributed by atoms with Gasteiger partial charge in [0.25, 0.3) is 5.89 Å². The Morgan fingerprint density at radius 3 is 2.77 bits per heavy atom. The second-order valence-electron chi connectivity index (χ2n) is 5.64. The summed E-state index contributed by atoms with van der Waals surface area (Å²) in [5.41, 5.74) is 1.79. The van der Waals surface area contributed by atoms with E-state index in [4.69, 9.17) is 4.52 Å². The van der Waals surface area contributed by atoms with Crippen molar-refractivity contribution in [1.82, 2.24) is 24.7 Å². The zero-order valence-corrected chi connectivity index (χ0v) is 13.7. The van der Waals surface area contributed by atoms with Gasteiger partial charge < -0.3 is 9.84 Å². The van der Waals surface area contributed by atoms with Crippen LogP contribution >= 0.6 is 0 Å². The lowest BCUT2D eigenvalue weighted by Crippen LogP contribution is -2.16. The highest BCUT2D eigenvalue weighted by Crippen LogP contribution is 2.19. The summed E-state index contributed by atoms with van der Waals surface area (Å²) in [6.07, 6.45) is 1.77. The van der Waals surface area contributed by atoms with Crippen molar-refractivity contribution in [3.05, 3.63) is 60.1 Å². The molecule has 130 valence electrons. The molecule has 8 nitrogen and oxygen atoms in total. The molecule has 26 heavy (non-hydrogen) atoms. The maximum absolute atomic E-state index is 12.9. The summed E-state index contributed by atoms with van der Waals surface area (Å²) in [5.74, 6) is 0.775. The summed E-state index contributed by atoms with van der Waals surface area (Å²) in [5, 5.41) is 14.6. The number of hydrogen-bond acceptors (Lipinski definition) is 6. The number of halogens is 1. The van der Waals surface area contributed by atoms with Gasteiger partial charge in [-0.2, -0.15) is 4.98 Å². The first-order valence-electron chi connectivity index (χ1n) is 7.78. The van der Waals surface area contributed by atoms with Gasteiger partial charge in [0.1, 0.15) is 11.6 Å². The van der Waals surface area contributed by atoms with Crippen LogP contribution in [-0.2, 0) is 11.2 Å². The molecule has 3 heterocycles. The molecule has 0 radical (unpaired) electrons. The first-order chi connectivity index (χ1) is 12.6. The first-order valence-corrected chi connectivity index (χ1v) is 7.78. The van der Waals surface area contributed by atoms with Crippen LogP contribution < -0.4 is 5.32 Å². The number of nitrogens with zero attached hydrogens (tertiary/aromatic N) is 5. The molecular weight excluding hydrogens is 339 g/mol. The van der Waals surface area contributed by atoms with E-state index in [1.165, 1.54) is 24.3 Å².